The van der Waals surface area contributed by atoms with Crippen molar-refractivity contribution in [1.82, 2.24) is 4.90 Å². The van der Waals surface area contributed by atoms with Crippen molar-refractivity contribution in [3.8, 4) is 23.0 Å². The van der Waals surface area contributed by atoms with E-state index in [4.69, 9.17) is 18.9 Å². The fourth-order valence-electron chi connectivity index (χ4n) is 5.02. The molecule has 7 heteroatoms. The quantitative estimate of drug-likeness (QED) is 0.591. The Balaban J connectivity index is 1.20. The second-order valence-electron chi connectivity index (χ2n) is 9.54. The number of nitrogens with zero attached hydrogens (tertiary/aromatic N) is 1. The number of amides is 1. The maximum atomic E-state index is 13.1. The lowest BCUT2D eigenvalue weighted by atomic mass is 9.77. The van der Waals surface area contributed by atoms with E-state index in [1.165, 1.54) is 0 Å². The van der Waals surface area contributed by atoms with Crippen molar-refractivity contribution < 1.29 is 23.7 Å². The van der Waals surface area contributed by atoms with Crippen LogP contribution < -0.4 is 24.3 Å². The van der Waals surface area contributed by atoms with E-state index in [1.807, 2.05) is 62.6 Å². The van der Waals surface area contributed by atoms with Crippen molar-refractivity contribution in [2.45, 2.75) is 17.9 Å². The lowest BCUT2D eigenvalue weighted by molar-refractivity contribution is -0.119. The molecule has 1 spiro atoms. The zero-order chi connectivity index (χ0) is 24.0. The van der Waals surface area contributed by atoms with Gasteiger partial charge in [0.25, 0.3) is 0 Å². The first kappa shape index (κ1) is 21.8. The van der Waals surface area contributed by atoms with Crippen LogP contribution in [-0.4, -0.2) is 57.4 Å². The number of carbonyl (C=O) groups is 1. The van der Waals surface area contributed by atoms with Crippen LogP contribution in [0.3, 0.4) is 0 Å². The van der Waals surface area contributed by atoms with Gasteiger partial charge in [-0.15, -0.1) is 0 Å². The van der Waals surface area contributed by atoms with Gasteiger partial charge in [-0.2, -0.15) is 0 Å². The van der Waals surface area contributed by atoms with Crippen molar-refractivity contribution in [2.75, 3.05) is 45.8 Å². The van der Waals surface area contributed by atoms with Gasteiger partial charge in [0.05, 0.1) is 0 Å². The van der Waals surface area contributed by atoms with Gasteiger partial charge >= 0.3 is 0 Å². The molecule has 1 N–H and O–H groups in total. The number of nitrogens with one attached hydrogen (secondary N) is 1. The van der Waals surface area contributed by atoms with Crippen molar-refractivity contribution in [1.29, 1.82) is 0 Å². The van der Waals surface area contributed by atoms with Crippen LogP contribution >= 0.6 is 0 Å². The van der Waals surface area contributed by atoms with Crippen LogP contribution in [0.15, 0.2) is 60.7 Å². The summed E-state index contributed by atoms with van der Waals surface area (Å²) in [5.74, 6) is 2.75. The lowest BCUT2D eigenvalue weighted by Gasteiger charge is -2.28. The van der Waals surface area contributed by atoms with Gasteiger partial charge in [-0.05, 0) is 49.5 Å². The average molecular weight is 473 g/mol. The third-order valence-electron chi connectivity index (χ3n) is 6.88. The van der Waals surface area contributed by atoms with Gasteiger partial charge < -0.3 is 29.2 Å². The molecule has 0 radical (unpaired) electrons. The molecule has 0 aliphatic carbocycles. The summed E-state index contributed by atoms with van der Waals surface area (Å²) in [6.07, 6.45) is 0.573. The SMILES string of the molecule is CN(C)CCOc1ccc(CC2COc3cc4c(cc3O2)C2(CO4)C(=O)Nc3ccccc32)cc1. The Kier molecular flexibility index (Phi) is 5.29. The molecule has 1 amide bonds. The summed E-state index contributed by atoms with van der Waals surface area (Å²) in [5.41, 5.74) is 2.87. The maximum absolute atomic E-state index is 13.1. The number of hydrogen-bond acceptors (Lipinski definition) is 6. The maximum Gasteiger partial charge on any atom is 0.243 e. The molecular weight excluding hydrogens is 444 g/mol. The number of hydrogen-bond donors (Lipinski definition) is 1. The molecule has 3 aromatic rings. The predicted octanol–water partition coefficient (Wildman–Crippen LogP) is 3.64. The number of rotatable bonds is 6. The Morgan fingerprint density at radius 2 is 1.83 bits per heavy atom. The Morgan fingerprint density at radius 1 is 1.00 bits per heavy atom. The normalized spacial score (nSPS) is 21.5. The van der Waals surface area contributed by atoms with Crippen LogP contribution in [0.25, 0.3) is 0 Å². The predicted molar refractivity (Wildman–Crippen MR) is 132 cm³/mol. The van der Waals surface area contributed by atoms with Gasteiger partial charge in [0.15, 0.2) is 11.5 Å². The Morgan fingerprint density at radius 3 is 2.66 bits per heavy atom. The highest BCUT2D eigenvalue weighted by Crippen LogP contribution is 2.53. The number of likely N-dealkylation sites (N-methyl/N-ethyl adjacent to an activating group) is 1. The van der Waals surface area contributed by atoms with E-state index in [1.54, 1.807) is 0 Å². The fraction of sp³-hybridized carbons (Fsp3) is 0.321. The van der Waals surface area contributed by atoms with Crippen molar-refractivity contribution in [2.24, 2.45) is 0 Å². The molecule has 0 bridgehead atoms. The van der Waals surface area contributed by atoms with Gasteiger partial charge in [-0.3, -0.25) is 4.79 Å². The van der Waals surface area contributed by atoms with E-state index in [2.05, 4.69) is 22.3 Å². The van der Waals surface area contributed by atoms with E-state index in [9.17, 15) is 4.79 Å². The van der Waals surface area contributed by atoms with E-state index in [-0.39, 0.29) is 18.6 Å². The molecule has 2 atom stereocenters. The van der Waals surface area contributed by atoms with Crippen molar-refractivity contribution >= 4 is 11.6 Å². The molecule has 3 aliphatic heterocycles. The molecule has 0 aromatic heterocycles. The van der Waals surface area contributed by atoms with Crippen LogP contribution in [0.1, 0.15) is 16.7 Å². The average Bonchev–Trinajstić information content (AvgIpc) is 3.37. The minimum atomic E-state index is -0.861. The van der Waals surface area contributed by atoms with Crippen LogP contribution in [0.5, 0.6) is 23.0 Å². The minimum absolute atomic E-state index is 0.0708. The first-order chi connectivity index (χ1) is 17.0. The molecular formula is C28H28N2O5. The monoisotopic (exact) mass is 472 g/mol. The third kappa shape index (κ3) is 3.76. The summed E-state index contributed by atoms with van der Waals surface area (Å²) in [7, 11) is 4.05. The van der Waals surface area contributed by atoms with Crippen molar-refractivity contribution in [3.63, 3.8) is 0 Å². The first-order valence-corrected chi connectivity index (χ1v) is 11.9. The Hall–Kier alpha value is -3.71. The van der Waals surface area contributed by atoms with Gasteiger partial charge in [-0.25, -0.2) is 0 Å². The first-order valence-electron chi connectivity index (χ1n) is 11.9. The van der Waals surface area contributed by atoms with Gasteiger partial charge in [0.1, 0.15) is 42.8 Å². The highest BCUT2D eigenvalue weighted by atomic mass is 16.6. The highest BCUT2D eigenvalue weighted by molar-refractivity contribution is 6.09. The number of fused-ring (bicyclic) bond motifs is 5. The smallest absolute Gasteiger partial charge is 0.243 e. The molecule has 2 unspecified atom stereocenters. The Labute approximate surface area is 204 Å². The van der Waals surface area contributed by atoms with Gasteiger partial charge in [-0.1, -0.05) is 30.3 Å². The summed E-state index contributed by atoms with van der Waals surface area (Å²) >= 11 is 0. The fourth-order valence-corrected chi connectivity index (χ4v) is 5.02. The Bertz CT molecular complexity index is 1270. The molecule has 180 valence electrons. The summed E-state index contributed by atoms with van der Waals surface area (Å²) in [6.45, 7) is 2.24. The second kappa shape index (κ2) is 8.50. The number of carbonyl (C=O) groups excluding carboxylic acids is 1. The van der Waals surface area contributed by atoms with Gasteiger partial charge in [0.2, 0.25) is 5.91 Å². The third-order valence-corrected chi connectivity index (χ3v) is 6.88. The number of benzene rings is 3. The van der Waals surface area contributed by atoms with Crippen molar-refractivity contribution in [3.05, 3.63) is 77.4 Å². The molecule has 6 rings (SSSR count). The molecule has 0 fully saturated rings. The van der Waals surface area contributed by atoms with Crippen LogP contribution in [0.4, 0.5) is 5.69 Å². The van der Waals surface area contributed by atoms with Crippen LogP contribution in [-0.2, 0) is 16.6 Å². The van der Waals surface area contributed by atoms with Crippen LogP contribution in [0, 0.1) is 0 Å². The molecule has 0 saturated carbocycles. The largest absolute Gasteiger partial charge is 0.492 e. The molecule has 7 nitrogen and oxygen atoms in total. The zero-order valence-electron chi connectivity index (χ0n) is 19.9. The summed E-state index contributed by atoms with van der Waals surface area (Å²) < 4.78 is 24.2. The van der Waals surface area contributed by atoms with Gasteiger partial charge in [0, 0.05) is 30.3 Å². The molecule has 3 aliphatic rings. The topological polar surface area (TPSA) is 69.3 Å². The number of anilines is 1. The van der Waals surface area contributed by atoms with E-state index in [0.717, 1.165) is 34.7 Å². The lowest BCUT2D eigenvalue weighted by Crippen LogP contribution is -2.37. The number of ether oxygens (including phenoxy) is 4. The molecule has 3 heterocycles. The minimum Gasteiger partial charge on any atom is -0.492 e. The van der Waals surface area contributed by atoms with Crippen LogP contribution in [0.2, 0.25) is 0 Å². The highest BCUT2D eigenvalue weighted by Gasteiger charge is 2.54. The summed E-state index contributed by atoms with van der Waals surface area (Å²) in [6, 6.07) is 19.7. The molecule has 3 aromatic carbocycles. The van der Waals surface area contributed by atoms with E-state index in [0.29, 0.717) is 36.9 Å². The second-order valence-corrected chi connectivity index (χ2v) is 9.54. The zero-order valence-corrected chi connectivity index (χ0v) is 19.9. The van der Waals surface area contributed by atoms with E-state index < -0.39 is 5.41 Å². The summed E-state index contributed by atoms with van der Waals surface area (Å²) in [5, 5.41) is 3.01. The van der Waals surface area contributed by atoms with E-state index >= 15 is 0 Å². The number of para-hydroxylation sites is 1. The molecule has 35 heavy (non-hydrogen) atoms. The standard InChI is InChI=1S/C28H28N2O5/c1-30(2)11-12-32-19-9-7-18(8-10-19)13-20-16-33-25-15-24-22(14-26(25)35-20)28(17-34-24)21-5-3-4-6-23(21)29-27(28)31/h3-10,14-15,20H,11-13,16-17H2,1-2H3,(H,29,31). The summed E-state index contributed by atoms with van der Waals surface area (Å²) in [4.78, 5) is 15.2. The molecule has 0 saturated heterocycles.